The summed E-state index contributed by atoms with van der Waals surface area (Å²) in [6.45, 7) is 5.60. The van der Waals surface area contributed by atoms with Crippen molar-refractivity contribution in [2.45, 2.75) is 26.7 Å². The van der Waals surface area contributed by atoms with Gasteiger partial charge in [0.1, 0.15) is 11.6 Å². The molecule has 4 heteroatoms. The van der Waals surface area contributed by atoms with Crippen LogP contribution < -0.4 is 10.1 Å². The molecular formula is C16H19N3O. The molecule has 0 fully saturated rings. The second-order valence-electron chi connectivity index (χ2n) is 5.16. The highest BCUT2D eigenvalue weighted by molar-refractivity contribution is 5.42. The number of nitrogens with zero attached hydrogens (tertiary/aromatic N) is 2. The lowest BCUT2D eigenvalue weighted by molar-refractivity contribution is 0.357. The Bertz CT molecular complexity index is 625. The van der Waals surface area contributed by atoms with Crippen LogP contribution >= 0.6 is 0 Å². The molecule has 0 saturated carbocycles. The normalized spacial score (nSPS) is 12.9. The monoisotopic (exact) mass is 269 g/mol. The maximum atomic E-state index is 5.52. The summed E-state index contributed by atoms with van der Waals surface area (Å²) >= 11 is 0. The number of benzene rings is 1. The largest absolute Gasteiger partial charge is 0.493 e. The Morgan fingerprint density at radius 1 is 1.30 bits per heavy atom. The molecular weight excluding hydrogens is 250 g/mol. The highest BCUT2D eigenvalue weighted by atomic mass is 16.5. The highest BCUT2D eigenvalue weighted by Crippen LogP contribution is 2.26. The number of rotatable bonds is 4. The zero-order chi connectivity index (χ0) is 13.9. The third kappa shape index (κ3) is 2.74. The van der Waals surface area contributed by atoms with Crippen LogP contribution in [0.1, 0.15) is 22.5 Å². The van der Waals surface area contributed by atoms with Crippen LogP contribution in [0, 0.1) is 13.8 Å². The minimum absolute atomic E-state index is 0.815. The Labute approximate surface area is 119 Å². The minimum Gasteiger partial charge on any atom is -0.493 e. The Hall–Kier alpha value is -2.10. The van der Waals surface area contributed by atoms with Gasteiger partial charge in [-0.15, -0.1) is 0 Å². The van der Waals surface area contributed by atoms with E-state index in [2.05, 4.69) is 33.5 Å². The fourth-order valence-corrected chi connectivity index (χ4v) is 2.43. The Kier molecular flexibility index (Phi) is 3.54. The zero-order valence-corrected chi connectivity index (χ0v) is 11.9. The molecule has 4 nitrogen and oxygen atoms in total. The zero-order valence-electron chi connectivity index (χ0n) is 11.9. The van der Waals surface area contributed by atoms with Crippen LogP contribution in [0.2, 0.25) is 0 Å². The topological polar surface area (TPSA) is 47.0 Å². The molecule has 0 aliphatic carbocycles. The lowest BCUT2D eigenvalue weighted by Crippen LogP contribution is -2.09. The fraction of sp³-hybridized carbons (Fsp3) is 0.375. The number of aromatic nitrogens is 2. The van der Waals surface area contributed by atoms with Crippen molar-refractivity contribution < 1.29 is 4.74 Å². The Balaban J connectivity index is 1.61. The van der Waals surface area contributed by atoms with Crippen molar-refractivity contribution in [2.75, 3.05) is 18.5 Å². The Morgan fingerprint density at radius 3 is 3.10 bits per heavy atom. The number of aryl methyl sites for hydroxylation is 2. The van der Waals surface area contributed by atoms with Gasteiger partial charge in [-0.1, -0.05) is 12.1 Å². The average Bonchev–Trinajstić information content (AvgIpc) is 2.90. The van der Waals surface area contributed by atoms with E-state index in [0.717, 1.165) is 48.9 Å². The summed E-state index contributed by atoms with van der Waals surface area (Å²) in [6.07, 6.45) is 3.79. The number of ether oxygens (including phenoxy) is 1. The van der Waals surface area contributed by atoms with Crippen molar-refractivity contribution in [3.8, 4) is 5.75 Å². The summed E-state index contributed by atoms with van der Waals surface area (Å²) in [7, 11) is 0. The van der Waals surface area contributed by atoms with Crippen LogP contribution in [0.15, 0.2) is 24.4 Å². The van der Waals surface area contributed by atoms with Crippen molar-refractivity contribution in [2.24, 2.45) is 0 Å². The third-order valence-corrected chi connectivity index (χ3v) is 3.54. The van der Waals surface area contributed by atoms with Crippen LogP contribution in [-0.2, 0) is 12.8 Å². The average molecular weight is 269 g/mol. The quantitative estimate of drug-likeness (QED) is 0.927. The van der Waals surface area contributed by atoms with E-state index < -0.39 is 0 Å². The van der Waals surface area contributed by atoms with Gasteiger partial charge in [0.15, 0.2) is 0 Å². The fourth-order valence-electron chi connectivity index (χ4n) is 2.43. The number of hydrogen-bond acceptors (Lipinski definition) is 4. The molecule has 1 aromatic carbocycles. The standard InChI is InChI=1S/C16H19N3O/c1-11-10-18-12(2)16(19-11)17-7-5-13-3-4-15-14(9-13)6-8-20-15/h3-4,9-10H,5-8H2,1-2H3,(H,17,19). The second kappa shape index (κ2) is 5.49. The molecule has 1 N–H and O–H groups in total. The molecule has 3 rings (SSSR count). The van der Waals surface area contributed by atoms with Gasteiger partial charge in [-0.05, 0) is 37.5 Å². The van der Waals surface area contributed by atoms with Crippen LogP contribution in [0.4, 0.5) is 5.82 Å². The van der Waals surface area contributed by atoms with Gasteiger partial charge in [-0.2, -0.15) is 0 Å². The highest BCUT2D eigenvalue weighted by Gasteiger charge is 2.11. The van der Waals surface area contributed by atoms with Gasteiger partial charge in [0.25, 0.3) is 0 Å². The molecule has 0 radical (unpaired) electrons. The number of anilines is 1. The molecule has 0 amide bonds. The van der Waals surface area contributed by atoms with Crippen molar-refractivity contribution in [1.29, 1.82) is 0 Å². The molecule has 0 unspecified atom stereocenters. The van der Waals surface area contributed by atoms with Crippen molar-refractivity contribution in [1.82, 2.24) is 9.97 Å². The van der Waals surface area contributed by atoms with E-state index in [1.165, 1.54) is 11.1 Å². The molecule has 104 valence electrons. The molecule has 0 atom stereocenters. The summed E-state index contributed by atoms with van der Waals surface area (Å²) < 4.78 is 5.52. The van der Waals surface area contributed by atoms with Crippen molar-refractivity contribution in [3.63, 3.8) is 0 Å². The SMILES string of the molecule is Cc1cnc(C)c(NCCc2ccc3c(c2)CCO3)n1. The molecule has 1 aliphatic heterocycles. The summed E-state index contributed by atoms with van der Waals surface area (Å²) in [5.74, 6) is 1.93. The van der Waals surface area contributed by atoms with E-state index in [9.17, 15) is 0 Å². The predicted octanol–water partition coefficient (Wildman–Crippen LogP) is 2.68. The van der Waals surface area contributed by atoms with Gasteiger partial charge in [0.2, 0.25) is 0 Å². The minimum atomic E-state index is 0.815. The molecule has 1 aromatic heterocycles. The van der Waals surface area contributed by atoms with E-state index >= 15 is 0 Å². The predicted molar refractivity (Wildman–Crippen MR) is 79.3 cm³/mol. The van der Waals surface area contributed by atoms with Crippen LogP contribution in [-0.4, -0.2) is 23.1 Å². The van der Waals surface area contributed by atoms with Crippen LogP contribution in [0.5, 0.6) is 5.75 Å². The summed E-state index contributed by atoms with van der Waals surface area (Å²) in [4.78, 5) is 8.78. The van der Waals surface area contributed by atoms with Gasteiger partial charge < -0.3 is 10.1 Å². The third-order valence-electron chi connectivity index (χ3n) is 3.54. The number of fused-ring (bicyclic) bond motifs is 1. The van der Waals surface area contributed by atoms with E-state index in [1.807, 2.05) is 13.8 Å². The van der Waals surface area contributed by atoms with E-state index in [4.69, 9.17) is 4.74 Å². The number of hydrogen-bond donors (Lipinski definition) is 1. The van der Waals surface area contributed by atoms with Gasteiger partial charge >= 0.3 is 0 Å². The smallest absolute Gasteiger partial charge is 0.147 e. The maximum Gasteiger partial charge on any atom is 0.147 e. The molecule has 0 saturated heterocycles. The van der Waals surface area contributed by atoms with Gasteiger partial charge in [-0.25, -0.2) is 4.98 Å². The first kappa shape index (κ1) is 12.9. The number of nitrogens with one attached hydrogen (secondary N) is 1. The maximum absolute atomic E-state index is 5.52. The second-order valence-corrected chi connectivity index (χ2v) is 5.16. The summed E-state index contributed by atoms with van der Waals surface area (Å²) in [5, 5.41) is 3.37. The summed E-state index contributed by atoms with van der Waals surface area (Å²) in [6, 6.07) is 6.47. The Morgan fingerprint density at radius 2 is 2.20 bits per heavy atom. The van der Waals surface area contributed by atoms with E-state index in [-0.39, 0.29) is 0 Å². The molecule has 1 aliphatic rings. The summed E-state index contributed by atoms with van der Waals surface area (Å²) in [5.41, 5.74) is 4.54. The van der Waals surface area contributed by atoms with Gasteiger partial charge in [0, 0.05) is 19.2 Å². The molecule has 2 aromatic rings. The molecule has 2 heterocycles. The van der Waals surface area contributed by atoms with Gasteiger partial charge in [-0.3, -0.25) is 4.98 Å². The molecule has 0 bridgehead atoms. The van der Waals surface area contributed by atoms with Crippen molar-refractivity contribution >= 4 is 5.82 Å². The lowest BCUT2D eigenvalue weighted by Gasteiger charge is -2.09. The van der Waals surface area contributed by atoms with E-state index in [0.29, 0.717) is 0 Å². The molecule has 0 spiro atoms. The van der Waals surface area contributed by atoms with Gasteiger partial charge in [0.05, 0.1) is 18.0 Å². The lowest BCUT2D eigenvalue weighted by atomic mass is 10.1. The van der Waals surface area contributed by atoms with Crippen molar-refractivity contribution in [3.05, 3.63) is 46.9 Å². The first-order valence-corrected chi connectivity index (χ1v) is 7.01. The molecule has 20 heavy (non-hydrogen) atoms. The van der Waals surface area contributed by atoms with Crippen LogP contribution in [0.25, 0.3) is 0 Å². The van der Waals surface area contributed by atoms with E-state index in [1.54, 1.807) is 6.20 Å². The first-order valence-electron chi connectivity index (χ1n) is 7.01. The van der Waals surface area contributed by atoms with Crippen LogP contribution in [0.3, 0.4) is 0 Å². The first-order chi connectivity index (χ1) is 9.72.